The molecule has 2 N–H and O–H groups in total. The largest absolute Gasteiger partial charge is 0.497 e. The van der Waals surface area contributed by atoms with E-state index in [9.17, 15) is 14.4 Å². The van der Waals surface area contributed by atoms with E-state index in [0.717, 1.165) is 63.5 Å². The fraction of sp³-hybridized carbons (Fsp3) is 0.469. The third kappa shape index (κ3) is 6.41. The van der Waals surface area contributed by atoms with Crippen LogP contribution in [0, 0.1) is 0 Å². The number of anilines is 3. The molecule has 3 heterocycles. The Bertz CT molecular complexity index is 1520. The van der Waals surface area contributed by atoms with Crippen LogP contribution in [0.4, 0.5) is 21.9 Å². The molecule has 1 aliphatic carbocycles. The lowest BCUT2D eigenvalue weighted by Gasteiger charge is -2.36. The summed E-state index contributed by atoms with van der Waals surface area (Å²) in [4.78, 5) is 47.5. The summed E-state index contributed by atoms with van der Waals surface area (Å²) in [7, 11) is 3.65. The van der Waals surface area contributed by atoms with E-state index in [-0.39, 0.29) is 17.2 Å². The molecule has 0 bridgehead atoms. The first-order valence-electron chi connectivity index (χ1n) is 15.2. The molecule has 0 atom stereocenters. The number of nitrogens with zero attached hydrogens (tertiary/aromatic N) is 4. The summed E-state index contributed by atoms with van der Waals surface area (Å²) in [6.07, 6.45) is 4.54. The molecule has 6 rings (SSSR count). The van der Waals surface area contributed by atoms with Gasteiger partial charge >= 0.3 is 6.03 Å². The third-order valence-corrected chi connectivity index (χ3v) is 8.83. The van der Waals surface area contributed by atoms with Gasteiger partial charge in [0, 0.05) is 81.9 Å². The Hall–Kier alpha value is -4.25. The van der Waals surface area contributed by atoms with Gasteiger partial charge in [0.05, 0.1) is 18.2 Å². The number of likely N-dealkylation sites (N-methyl/N-ethyl adjacent to an activating group) is 1. The first-order valence-corrected chi connectivity index (χ1v) is 15.2. The normalized spacial score (nSPS) is 18.2. The van der Waals surface area contributed by atoms with Crippen molar-refractivity contribution in [3.05, 3.63) is 58.4 Å². The Labute approximate surface area is 251 Å². The highest BCUT2D eigenvalue weighted by molar-refractivity contribution is 6.03. The average molecular weight is 589 g/mol. The fourth-order valence-corrected chi connectivity index (χ4v) is 6.18. The Balaban J connectivity index is 1.12. The van der Waals surface area contributed by atoms with Crippen LogP contribution in [-0.2, 0) is 0 Å². The minimum atomic E-state index is -0.492. The number of fused-ring (bicyclic) bond motifs is 1. The van der Waals surface area contributed by atoms with E-state index in [1.807, 2.05) is 35.2 Å². The molecular weight excluding hydrogens is 548 g/mol. The van der Waals surface area contributed by atoms with Crippen molar-refractivity contribution in [1.82, 2.24) is 15.1 Å². The highest BCUT2D eigenvalue weighted by Gasteiger charge is 2.25. The molecule has 2 aliphatic heterocycles. The van der Waals surface area contributed by atoms with Crippen LogP contribution < -0.4 is 30.6 Å². The van der Waals surface area contributed by atoms with Gasteiger partial charge in [-0.2, -0.15) is 0 Å². The van der Waals surface area contributed by atoms with Crippen molar-refractivity contribution in [2.45, 2.75) is 31.7 Å². The van der Waals surface area contributed by atoms with Gasteiger partial charge < -0.3 is 39.4 Å². The molecule has 228 valence electrons. The second-order valence-electron chi connectivity index (χ2n) is 11.7. The first-order chi connectivity index (χ1) is 20.9. The molecule has 2 saturated heterocycles. The number of piperazine rings is 2. The van der Waals surface area contributed by atoms with Crippen molar-refractivity contribution in [2.24, 2.45) is 0 Å². The number of benzene rings is 2. The lowest BCUT2D eigenvalue weighted by Crippen LogP contribution is -2.53. The number of hydrogen-bond acceptors (Lipinski definition) is 8. The number of ether oxygens (including phenoxy) is 1. The van der Waals surface area contributed by atoms with Crippen LogP contribution in [0.2, 0.25) is 0 Å². The standard InChI is InChI=1S/C32H40N6O5/c1-35-11-13-37(14-12-35)27-20-25(42-2)19-26-28(39)21-29(43-30(26)27)31(40)33-23-7-9-24(10-8-23)36-15-17-38(18-16-36)32(41)34-22-5-3-4-6-22/h7-10,19-22H,3-6,11-18H2,1-2H3,(H,33,40)(H,34,41). The maximum absolute atomic E-state index is 13.2. The van der Waals surface area contributed by atoms with Crippen LogP contribution in [0.1, 0.15) is 36.2 Å². The molecular formula is C32H40N6O5. The number of rotatable bonds is 6. The zero-order valence-corrected chi connectivity index (χ0v) is 24.9. The molecule has 0 spiro atoms. The Morgan fingerprint density at radius 2 is 1.56 bits per heavy atom. The highest BCUT2D eigenvalue weighted by Crippen LogP contribution is 2.32. The predicted octanol–water partition coefficient (Wildman–Crippen LogP) is 3.58. The second kappa shape index (κ2) is 12.5. The van der Waals surface area contributed by atoms with Gasteiger partial charge in [-0.3, -0.25) is 9.59 Å². The smallest absolute Gasteiger partial charge is 0.317 e. The summed E-state index contributed by atoms with van der Waals surface area (Å²) < 4.78 is 11.6. The van der Waals surface area contributed by atoms with Crippen LogP contribution in [0.15, 0.2) is 51.7 Å². The van der Waals surface area contributed by atoms with Gasteiger partial charge in [0.2, 0.25) is 0 Å². The molecule has 11 heteroatoms. The van der Waals surface area contributed by atoms with Gasteiger partial charge in [-0.25, -0.2) is 4.79 Å². The van der Waals surface area contributed by atoms with Crippen molar-refractivity contribution in [3.8, 4) is 5.75 Å². The van der Waals surface area contributed by atoms with E-state index >= 15 is 0 Å². The zero-order valence-electron chi connectivity index (χ0n) is 24.9. The van der Waals surface area contributed by atoms with Gasteiger partial charge in [-0.1, -0.05) is 12.8 Å². The third-order valence-electron chi connectivity index (χ3n) is 8.83. The van der Waals surface area contributed by atoms with E-state index in [1.165, 1.54) is 18.9 Å². The summed E-state index contributed by atoms with van der Waals surface area (Å²) in [6.45, 7) is 6.12. The molecule has 0 radical (unpaired) electrons. The summed E-state index contributed by atoms with van der Waals surface area (Å²) >= 11 is 0. The zero-order chi connectivity index (χ0) is 29.9. The number of urea groups is 1. The van der Waals surface area contributed by atoms with Crippen LogP contribution in [0.5, 0.6) is 5.75 Å². The average Bonchev–Trinajstić information content (AvgIpc) is 3.54. The molecule has 3 aliphatic rings. The molecule has 3 amide bonds. The molecule has 3 aromatic rings. The van der Waals surface area contributed by atoms with E-state index < -0.39 is 5.91 Å². The molecule has 1 saturated carbocycles. The van der Waals surface area contributed by atoms with Crippen molar-refractivity contribution < 1.29 is 18.7 Å². The topological polar surface area (TPSA) is 111 Å². The minimum absolute atomic E-state index is 0.0414. The number of carbonyl (C=O) groups is 2. The maximum Gasteiger partial charge on any atom is 0.317 e. The van der Waals surface area contributed by atoms with Crippen LogP contribution in [0.3, 0.4) is 0 Å². The van der Waals surface area contributed by atoms with Crippen molar-refractivity contribution in [3.63, 3.8) is 0 Å². The molecule has 1 aromatic heterocycles. The van der Waals surface area contributed by atoms with Crippen molar-refractivity contribution >= 4 is 40.0 Å². The quantitative estimate of drug-likeness (QED) is 0.450. The van der Waals surface area contributed by atoms with Crippen LogP contribution in [-0.4, -0.2) is 94.3 Å². The molecule has 43 heavy (non-hydrogen) atoms. The summed E-state index contributed by atoms with van der Waals surface area (Å²) in [6, 6.07) is 12.7. The van der Waals surface area contributed by atoms with Crippen LogP contribution in [0.25, 0.3) is 11.0 Å². The number of methoxy groups -OCH3 is 1. The Morgan fingerprint density at radius 3 is 2.23 bits per heavy atom. The van der Waals surface area contributed by atoms with Gasteiger partial charge in [0.15, 0.2) is 16.8 Å². The maximum atomic E-state index is 13.2. The SMILES string of the molecule is COc1cc(N2CCN(C)CC2)c2oc(C(=O)Nc3ccc(N4CCN(C(=O)NC5CCCC5)CC4)cc3)cc(=O)c2c1. The lowest BCUT2D eigenvalue weighted by atomic mass is 10.1. The second-order valence-corrected chi connectivity index (χ2v) is 11.7. The molecule has 3 fully saturated rings. The summed E-state index contributed by atoms with van der Waals surface area (Å²) in [5.41, 5.74) is 2.45. The van der Waals surface area contributed by atoms with Crippen molar-refractivity contribution in [2.75, 3.05) is 81.6 Å². The minimum Gasteiger partial charge on any atom is -0.497 e. The molecule has 2 aromatic carbocycles. The molecule has 11 nitrogen and oxygen atoms in total. The monoisotopic (exact) mass is 588 g/mol. The van der Waals surface area contributed by atoms with E-state index in [2.05, 4.69) is 32.4 Å². The van der Waals surface area contributed by atoms with E-state index in [1.54, 1.807) is 13.2 Å². The number of nitrogens with one attached hydrogen (secondary N) is 2. The summed E-state index contributed by atoms with van der Waals surface area (Å²) in [5.74, 6) is 0.0303. The predicted molar refractivity (Wildman–Crippen MR) is 168 cm³/mol. The molecule has 0 unspecified atom stereocenters. The van der Waals surface area contributed by atoms with Crippen LogP contribution >= 0.6 is 0 Å². The van der Waals surface area contributed by atoms with Gasteiger partial charge in [0.1, 0.15) is 5.75 Å². The Kier molecular flexibility index (Phi) is 8.42. The lowest BCUT2D eigenvalue weighted by molar-refractivity contribution is 0.0997. The number of carbonyl (C=O) groups excluding carboxylic acids is 2. The van der Waals surface area contributed by atoms with Gasteiger partial charge in [-0.05, 0) is 50.2 Å². The Morgan fingerprint density at radius 1 is 0.884 bits per heavy atom. The number of amides is 3. The van der Waals surface area contributed by atoms with E-state index in [4.69, 9.17) is 9.15 Å². The fourth-order valence-electron chi connectivity index (χ4n) is 6.18. The van der Waals surface area contributed by atoms with Gasteiger partial charge in [-0.15, -0.1) is 0 Å². The van der Waals surface area contributed by atoms with Crippen molar-refractivity contribution in [1.29, 1.82) is 0 Å². The highest BCUT2D eigenvalue weighted by atomic mass is 16.5. The first kappa shape index (κ1) is 28.9. The summed E-state index contributed by atoms with van der Waals surface area (Å²) in [5, 5.41) is 6.42. The van der Waals surface area contributed by atoms with Gasteiger partial charge in [0.25, 0.3) is 5.91 Å². The van der Waals surface area contributed by atoms with E-state index in [0.29, 0.717) is 41.5 Å². The number of hydrogen-bond donors (Lipinski definition) is 2.